The molecule has 6 N–H and O–H groups in total. The van der Waals surface area contributed by atoms with E-state index in [2.05, 4.69) is 64.9 Å². The summed E-state index contributed by atoms with van der Waals surface area (Å²) in [5.41, 5.74) is 3.20. The van der Waals surface area contributed by atoms with Crippen molar-refractivity contribution in [3.05, 3.63) is 70.8 Å². The summed E-state index contributed by atoms with van der Waals surface area (Å²) >= 11 is 0. The SMILES string of the molecule is CC.CCCC(=O)NC(C(=O)NCCCCc1ncc(C#Cc2ccc(C#Cc3cnc(CCCCNC(=O)C(NC(=O)C4CC4)C(C)C)[nH]3)cc2)[nH]1)C(C)C. The Morgan fingerprint density at radius 3 is 1.55 bits per heavy atom. The summed E-state index contributed by atoms with van der Waals surface area (Å²) < 4.78 is 0. The number of hydrogen-bond acceptors (Lipinski definition) is 6. The van der Waals surface area contributed by atoms with E-state index in [1.807, 2.05) is 72.7 Å². The molecular formula is C44H62N8O4. The summed E-state index contributed by atoms with van der Waals surface area (Å²) in [5.74, 6) is 14.0. The van der Waals surface area contributed by atoms with Crippen molar-refractivity contribution in [3.63, 3.8) is 0 Å². The van der Waals surface area contributed by atoms with Crippen LogP contribution in [0, 0.1) is 41.4 Å². The Labute approximate surface area is 333 Å². The number of benzene rings is 1. The molecule has 2 unspecified atom stereocenters. The summed E-state index contributed by atoms with van der Waals surface area (Å²) in [6, 6.07) is 6.71. The van der Waals surface area contributed by atoms with E-state index in [1.165, 1.54) is 0 Å². The molecule has 12 nitrogen and oxygen atoms in total. The molecular weight excluding hydrogens is 705 g/mol. The summed E-state index contributed by atoms with van der Waals surface area (Å²) in [4.78, 5) is 64.7. The van der Waals surface area contributed by atoms with Gasteiger partial charge in [0.15, 0.2) is 0 Å². The number of hydrogen-bond donors (Lipinski definition) is 6. The molecule has 1 aliphatic rings. The van der Waals surface area contributed by atoms with Crippen molar-refractivity contribution in [2.75, 3.05) is 13.1 Å². The molecule has 1 fully saturated rings. The van der Waals surface area contributed by atoms with Crippen LogP contribution in [0.25, 0.3) is 0 Å². The standard InChI is InChI=1S/C42H56N8O4.C2H6/c1-6-11-37(51)49-38(28(2)3)41(53)43-24-9-7-12-35-45-26-33(47-35)22-18-30-14-16-31(17-15-30)19-23-34-27-46-36(48-34)13-8-10-25-44-42(54)39(29(4)5)50-40(52)32-20-21-32;1-2/h14-17,26-29,32,38-39H,6-13,20-21,24-25H2,1-5H3,(H,43,53)(H,44,54)(H,45,47)(H,46,48)(H,49,51)(H,50,52);1-2H3. The number of carbonyl (C=O) groups is 4. The first-order valence-corrected chi connectivity index (χ1v) is 20.4. The first-order valence-electron chi connectivity index (χ1n) is 20.4. The molecule has 4 rings (SSSR count). The van der Waals surface area contributed by atoms with Crippen molar-refractivity contribution < 1.29 is 19.2 Å². The summed E-state index contributed by atoms with van der Waals surface area (Å²) in [6.45, 7) is 14.8. The van der Waals surface area contributed by atoms with Gasteiger partial charge in [-0.25, -0.2) is 9.97 Å². The van der Waals surface area contributed by atoms with Gasteiger partial charge in [0.1, 0.15) is 35.1 Å². The summed E-state index contributed by atoms with van der Waals surface area (Å²) in [5, 5.41) is 11.7. The molecule has 3 aromatic rings. The largest absolute Gasteiger partial charge is 0.354 e. The van der Waals surface area contributed by atoms with Gasteiger partial charge in [0.25, 0.3) is 0 Å². The van der Waals surface area contributed by atoms with E-state index in [0.717, 1.165) is 92.0 Å². The molecule has 302 valence electrons. The molecule has 4 amide bonds. The number of unbranched alkanes of at least 4 members (excludes halogenated alkanes) is 2. The molecule has 0 spiro atoms. The molecule has 0 saturated heterocycles. The van der Waals surface area contributed by atoms with Gasteiger partial charge in [-0.3, -0.25) is 19.2 Å². The molecule has 0 aliphatic heterocycles. The Hall–Kier alpha value is -5.36. The van der Waals surface area contributed by atoms with Crippen LogP contribution in [0.3, 0.4) is 0 Å². The highest BCUT2D eigenvalue weighted by atomic mass is 16.2. The minimum atomic E-state index is -0.523. The van der Waals surface area contributed by atoms with Gasteiger partial charge in [0.05, 0.1) is 12.4 Å². The fraction of sp³-hybridized carbons (Fsp3) is 0.545. The molecule has 2 atom stereocenters. The lowest BCUT2D eigenvalue weighted by molar-refractivity contribution is -0.130. The number of imidazole rings is 2. The van der Waals surface area contributed by atoms with Crippen LogP contribution in [0.15, 0.2) is 36.7 Å². The Kier molecular flexibility index (Phi) is 19.5. The van der Waals surface area contributed by atoms with E-state index < -0.39 is 12.1 Å². The molecule has 1 saturated carbocycles. The molecule has 12 heteroatoms. The monoisotopic (exact) mass is 766 g/mol. The molecule has 2 heterocycles. The Balaban J connectivity index is 0.00000414. The Bertz CT molecular complexity index is 1820. The molecule has 2 aromatic heterocycles. The lowest BCUT2D eigenvalue weighted by Crippen LogP contribution is -2.50. The van der Waals surface area contributed by atoms with E-state index in [4.69, 9.17) is 0 Å². The number of aromatic nitrogens is 4. The maximum atomic E-state index is 12.6. The average Bonchev–Trinajstić information content (AvgIpc) is 3.78. The third-order valence-corrected chi connectivity index (χ3v) is 9.04. The van der Waals surface area contributed by atoms with Crippen LogP contribution in [0.4, 0.5) is 0 Å². The smallest absolute Gasteiger partial charge is 0.242 e. The van der Waals surface area contributed by atoms with E-state index in [0.29, 0.717) is 19.5 Å². The van der Waals surface area contributed by atoms with Gasteiger partial charge in [0, 0.05) is 49.4 Å². The highest BCUT2D eigenvalue weighted by molar-refractivity contribution is 5.89. The van der Waals surface area contributed by atoms with Gasteiger partial charge in [0.2, 0.25) is 23.6 Å². The number of aromatic amines is 2. The fourth-order valence-corrected chi connectivity index (χ4v) is 5.66. The van der Waals surface area contributed by atoms with Crippen LogP contribution >= 0.6 is 0 Å². The van der Waals surface area contributed by atoms with Crippen molar-refractivity contribution in [2.45, 2.75) is 125 Å². The van der Waals surface area contributed by atoms with Crippen LogP contribution in [0.5, 0.6) is 0 Å². The zero-order valence-electron chi connectivity index (χ0n) is 34.4. The second-order valence-electron chi connectivity index (χ2n) is 14.6. The molecule has 0 radical (unpaired) electrons. The van der Waals surface area contributed by atoms with E-state index in [-0.39, 0.29) is 41.4 Å². The molecule has 1 aromatic carbocycles. The van der Waals surface area contributed by atoms with Gasteiger partial charge in [-0.15, -0.1) is 0 Å². The van der Waals surface area contributed by atoms with E-state index in [1.54, 1.807) is 12.4 Å². The second kappa shape index (κ2) is 24.2. The van der Waals surface area contributed by atoms with Crippen molar-refractivity contribution in [1.82, 2.24) is 41.2 Å². The Morgan fingerprint density at radius 2 is 1.14 bits per heavy atom. The second-order valence-corrected chi connectivity index (χ2v) is 14.6. The van der Waals surface area contributed by atoms with Gasteiger partial charge < -0.3 is 31.2 Å². The van der Waals surface area contributed by atoms with Gasteiger partial charge in [-0.1, -0.05) is 60.3 Å². The predicted octanol–water partition coefficient (Wildman–Crippen LogP) is 5.33. The third kappa shape index (κ3) is 16.2. The first-order chi connectivity index (χ1) is 27.0. The quantitative estimate of drug-likeness (QED) is 0.0711. The highest BCUT2D eigenvalue weighted by Gasteiger charge is 2.33. The lowest BCUT2D eigenvalue weighted by atomic mass is 10.0. The highest BCUT2D eigenvalue weighted by Crippen LogP contribution is 2.29. The van der Waals surface area contributed by atoms with Gasteiger partial charge >= 0.3 is 0 Å². The topological polar surface area (TPSA) is 174 Å². The number of nitrogens with zero attached hydrogens (tertiary/aromatic N) is 2. The summed E-state index contributed by atoms with van der Waals surface area (Å²) in [6.07, 6.45) is 11.2. The van der Waals surface area contributed by atoms with Crippen LogP contribution in [-0.4, -0.2) is 68.7 Å². The number of rotatable bonds is 19. The third-order valence-electron chi connectivity index (χ3n) is 9.04. The predicted molar refractivity (Wildman–Crippen MR) is 220 cm³/mol. The Morgan fingerprint density at radius 1 is 0.696 bits per heavy atom. The van der Waals surface area contributed by atoms with Crippen LogP contribution in [0.1, 0.15) is 134 Å². The fourth-order valence-electron chi connectivity index (χ4n) is 5.66. The molecule has 56 heavy (non-hydrogen) atoms. The van der Waals surface area contributed by atoms with Crippen LogP contribution < -0.4 is 21.3 Å². The average molecular weight is 767 g/mol. The number of aryl methyl sites for hydroxylation is 2. The van der Waals surface area contributed by atoms with Gasteiger partial charge in [-0.2, -0.15) is 0 Å². The number of carbonyl (C=O) groups excluding carboxylic acids is 4. The van der Waals surface area contributed by atoms with Crippen molar-refractivity contribution in [3.8, 4) is 23.7 Å². The zero-order valence-corrected chi connectivity index (χ0v) is 34.4. The van der Waals surface area contributed by atoms with Crippen molar-refractivity contribution in [2.24, 2.45) is 17.8 Å². The summed E-state index contributed by atoms with van der Waals surface area (Å²) in [7, 11) is 0. The zero-order chi connectivity index (χ0) is 40.9. The van der Waals surface area contributed by atoms with Gasteiger partial charge in [-0.05, 0) is 92.9 Å². The maximum Gasteiger partial charge on any atom is 0.242 e. The molecule has 0 bridgehead atoms. The van der Waals surface area contributed by atoms with E-state index in [9.17, 15) is 19.2 Å². The number of amides is 4. The lowest BCUT2D eigenvalue weighted by Gasteiger charge is -2.21. The molecule has 1 aliphatic carbocycles. The minimum Gasteiger partial charge on any atom is -0.354 e. The number of nitrogens with one attached hydrogen (secondary N) is 6. The first kappa shape index (κ1) is 45.0. The van der Waals surface area contributed by atoms with Crippen LogP contribution in [-0.2, 0) is 32.0 Å². The minimum absolute atomic E-state index is 0.0121. The van der Waals surface area contributed by atoms with Crippen molar-refractivity contribution >= 4 is 23.6 Å². The van der Waals surface area contributed by atoms with Crippen LogP contribution in [0.2, 0.25) is 0 Å². The maximum absolute atomic E-state index is 12.6. The van der Waals surface area contributed by atoms with Crippen molar-refractivity contribution in [1.29, 1.82) is 0 Å². The number of H-pyrrole nitrogens is 2. The van der Waals surface area contributed by atoms with E-state index >= 15 is 0 Å². The normalized spacial score (nSPS) is 12.9.